The van der Waals surface area contributed by atoms with Gasteiger partial charge in [-0.3, -0.25) is 4.79 Å². The van der Waals surface area contributed by atoms with Crippen LogP contribution >= 0.6 is 0 Å². The number of carbonyl (C=O) groups is 1. The van der Waals surface area contributed by atoms with Gasteiger partial charge in [0.1, 0.15) is 11.6 Å². The van der Waals surface area contributed by atoms with E-state index in [2.05, 4.69) is 4.98 Å². The molecule has 0 saturated heterocycles. The summed E-state index contributed by atoms with van der Waals surface area (Å²) >= 11 is 0. The second-order valence-corrected chi connectivity index (χ2v) is 8.67. The van der Waals surface area contributed by atoms with Crippen LogP contribution in [0.15, 0.2) is 79.0 Å². The van der Waals surface area contributed by atoms with Crippen molar-refractivity contribution < 1.29 is 27.8 Å². The molecule has 3 aromatic carbocycles. The minimum absolute atomic E-state index is 0.0829. The van der Waals surface area contributed by atoms with Gasteiger partial charge in [0, 0.05) is 24.7 Å². The number of carboxylic acid groups (broad SMARTS) is 1. The van der Waals surface area contributed by atoms with E-state index >= 15 is 0 Å². The molecule has 0 unspecified atom stereocenters. The Morgan fingerprint density at radius 2 is 1.53 bits per heavy atom. The molecule has 0 aliphatic carbocycles. The second-order valence-electron chi connectivity index (χ2n) is 8.67. The van der Waals surface area contributed by atoms with Gasteiger partial charge < -0.3 is 14.4 Å². The number of nitrogens with zero attached hydrogens (tertiary/aromatic N) is 2. The Kier molecular flexibility index (Phi) is 8.31. The van der Waals surface area contributed by atoms with Crippen LogP contribution in [0.2, 0.25) is 0 Å². The normalized spacial score (nSPS) is 11.7. The van der Waals surface area contributed by atoms with Gasteiger partial charge in [0.05, 0.1) is 17.9 Å². The zero-order valence-electron chi connectivity index (χ0n) is 20.8. The molecular formula is C30H27F3N2O3. The third kappa shape index (κ3) is 6.91. The first-order valence-corrected chi connectivity index (χ1v) is 12.2. The number of hydrogen-bond acceptors (Lipinski definition) is 3. The van der Waals surface area contributed by atoms with E-state index in [0.29, 0.717) is 42.4 Å². The van der Waals surface area contributed by atoms with Gasteiger partial charge in [-0.05, 0) is 60.4 Å². The zero-order chi connectivity index (χ0) is 27.1. The topological polar surface area (TPSA) is 64.4 Å². The monoisotopic (exact) mass is 520 g/mol. The average Bonchev–Trinajstić information content (AvgIpc) is 3.33. The van der Waals surface area contributed by atoms with Crippen molar-refractivity contribution in [1.29, 1.82) is 0 Å². The lowest BCUT2D eigenvalue weighted by Gasteiger charge is -2.07. The summed E-state index contributed by atoms with van der Waals surface area (Å²) in [4.78, 5) is 15.2. The molecule has 0 atom stereocenters. The number of aryl methyl sites for hydroxylation is 1. The summed E-state index contributed by atoms with van der Waals surface area (Å²) in [6.07, 6.45) is 1.85. The maximum Gasteiger partial charge on any atom is 0.416 e. The molecule has 1 heterocycles. The van der Waals surface area contributed by atoms with Crippen LogP contribution in [0.5, 0.6) is 5.75 Å². The van der Waals surface area contributed by atoms with E-state index in [1.165, 1.54) is 12.1 Å². The SMILES string of the molecule is CCn1cc(-c2ccc(C(F)(F)F)cc2)nc1C=Cc1ccc(-c2ccc(OCCCC(=O)O)cc2)cc1. The molecule has 0 fully saturated rings. The standard InChI is InChI=1S/C30H27F3N2O3/c1-2-35-20-27(24-10-14-25(15-11-24)30(31,32)33)34-28(35)18-7-21-5-8-22(9-6-21)23-12-16-26(17-13-23)38-19-3-4-29(36)37/h5-18,20H,2-4,19H2,1H3,(H,36,37). The summed E-state index contributed by atoms with van der Waals surface area (Å²) in [5.41, 5.74) is 3.61. The predicted octanol–water partition coefficient (Wildman–Crippen LogP) is 7.67. The Morgan fingerprint density at radius 1 is 0.921 bits per heavy atom. The van der Waals surface area contributed by atoms with E-state index in [0.717, 1.165) is 28.8 Å². The van der Waals surface area contributed by atoms with Gasteiger partial charge in [0.25, 0.3) is 0 Å². The third-order valence-corrected chi connectivity index (χ3v) is 5.98. The van der Waals surface area contributed by atoms with Crippen LogP contribution in [0.25, 0.3) is 34.5 Å². The summed E-state index contributed by atoms with van der Waals surface area (Å²) in [5.74, 6) is 0.576. The van der Waals surface area contributed by atoms with Gasteiger partial charge in [-0.2, -0.15) is 13.2 Å². The molecule has 0 bridgehead atoms. The fraction of sp³-hybridized carbons (Fsp3) is 0.200. The highest BCUT2D eigenvalue weighted by Crippen LogP contribution is 2.31. The number of aliphatic carboxylic acids is 1. The Labute approximate surface area is 218 Å². The molecule has 5 nitrogen and oxygen atoms in total. The van der Waals surface area contributed by atoms with Crippen LogP contribution in [0.1, 0.15) is 36.7 Å². The molecule has 0 radical (unpaired) electrons. The average molecular weight is 521 g/mol. The van der Waals surface area contributed by atoms with E-state index in [-0.39, 0.29) is 6.42 Å². The Balaban J connectivity index is 1.41. The fourth-order valence-electron chi connectivity index (χ4n) is 3.90. The molecule has 0 saturated carbocycles. The van der Waals surface area contributed by atoms with E-state index in [1.807, 2.05) is 78.4 Å². The summed E-state index contributed by atoms with van der Waals surface area (Å²) in [7, 11) is 0. The highest BCUT2D eigenvalue weighted by Gasteiger charge is 2.30. The Bertz CT molecular complexity index is 1390. The van der Waals surface area contributed by atoms with Crippen LogP contribution in [0.3, 0.4) is 0 Å². The first-order chi connectivity index (χ1) is 18.2. The van der Waals surface area contributed by atoms with Gasteiger partial charge in [0.15, 0.2) is 0 Å². The number of alkyl halides is 3. The van der Waals surface area contributed by atoms with E-state index in [1.54, 1.807) is 0 Å². The largest absolute Gasteiger partial charge is 0.494 e. The molecule has 4 rings (SSSR count). The van der Waals surface area contributed by atoms with Crippen molar-refractivity contribution in [2.75, 3.05) is 6.61 Å². The number of aromatic nitrogens is 2. The number of imidazole rings is 1. The number of hydrogen-bond donors (Lipinski definition) is 1. The van der Waals surface area contributed by atoms with E-state index in [4.69, 9.17) is 9.84 Å². The molecule has 38 heavy (non-hydrogen) atoms. The third-order valence-electron chi connectivity index (χ3n) is 5.98. The minimum Gasteiger partial charge on any atom is -0.494 e. The molecule has 196 valence electrons. The summed E-state index contributed by atoms with van der Waals surface area (Å²) in [6, 6.07) is 20.7. The van der Waals surface area contributed by atoms with Crippen molar-refractivity contribution in [2.24, 2.45) is 0 Å². The number of halogens is 3. The first kappa shape index (κ1) is 26.7. The fourth-order valence-corrected chi connectivity index (χ4v) is 3.90. The molecule has 0 aliphatic rings. The molecule has 4 aromatic rings. The van der Waals surface area contributed by atoms with Crippen LogP contribution in [0.4, 0.5) is 13.2 Å². The maximum atomic E-state index is 12.9. The molecular weight excluding hydrogens is 493 g/mol. The van der Waals surface area contributed by atoms with Gasteiger partial charge in [0.2, 0.25) is 0 Å². The van der Waals surface area contributed by atoms with Gasteiger partial charge in [-0.15, -0.1) is 0 Å². The first-order valence-electron chi connectivity index (χ1n) is 12.2. The summed E-state index contributed by atoms with van der Waals surface area (Å²) < 4.78 is 46.1. The van der Waals surface area contributed by atoms with Gasteiger partial charge in [-0.25, -0.2) is 4.98 Å². The molecule has 0 amide bonds. The predicted molar refractivity (Wildman–Crippen MR) is 142 cm³/mol. The smallest absolute Gasteiger partial charge is 0.416 e. The lowest BCUT2D eigenvalue weighted by Crippen LogP contribution is -2.03. The summed E-state index contributed by atoms with van der Waals surface area (Å²) in [5, 5.41) is 8.69. The van der Waals surface area contributed by atoms with Crippen LogP contribution in [-0.4, -0.2) is 27.2 Å². The van der Waals surface area contributed by atoms with Crippen molar-refractivity contribution in [3.8, 4) is 28.1 Å². The number of carboxylic acids is 1. The van der Waals surface area contributed by atoms with Crippen LogP contribution in [0, 0.1) is 0 Å². The van der Waals surface area contributed by atoms with Crippen molar-refractivity contribution in [3.63, 3.8) is 0 Å². The maximum absolute atomic E-state index is 12.9. The van der Waals surface area contributed by atoms with Crippen molar-refractivity contribution >= 4 is 18.1 Å². The minimum atomic E-state index is -4.37. The van der Waals surface area contributed by atoms with Crippen molar-refractivity contribution in [2.45, 2.75) is 32.5 Å². The summed E-state index contributed by atoms with van der Waals surface area (Å²) in [6.45, 7) is 3.01. The highest BCUT2D eigenvalue weighted by atomic mass is 19.4. The molecule has 0 aliphatic heterocycles. The van der Waals surface area contributed by atoms with E-state index in [9.17, 15) is 18.0 Å². The second kappa shape index (κ2) is 11.8. The Hall–Kier alpha value is -4.33. The molecule has 1 aromatic heterocycles. The van der Waals surface area contributed by atoms with Crippen LogP contribution < -0.4 is 4.74 Å². The van der Waals surface area contributed by atoms with Crippen molar-refractivity contribution in [1.82, 2.24) is 9.55 Å². The lowest BCUT2D eigenvalue weighted by atomic mass is 10.0. The van der Waals surface area contributed by atoms with Crippen molar-refractivity contribution in [3.05, 3.63) is 95.9 Å². The quantitative estimate of drug-likeness (QED) is 0.218. The number of rotatable bonds is 10. The molecule has 1 N–H and O–H groups in total. The van der Waals surface area contributed by atoms with Gasteiger partial charge >= 0.3 is 12.1 Å². The molecule has 8 heteroatoms. The van der Waals surface area contributed by atoms with Crippen LogP contribution in [-0.2, 0) is 17.5 Å². The van der Waals surface area contributed by atoms with E-state index < -0.39 is 17.7 Å². The van der Waals surface area contributed by atoms with Gasteiger partial charge in [-0.1, -0.05) is 54.6 Å². The lowest BCUT2D eigenvalue weighted by molar-refractivity contribution is -0.138. The Morgan fingerprint density at radius 3 is 2.11 bits per heavy atom. The number of benzene rings is 3. The molecule has 0 spiro atoms. The number of ether oxygens (including phenoxy) is 1. The highest BCUT2D eigenvalue weighted by molar-refractivity contribution is 5.72. The zero-order valence-corrected chi connectivity index (χ0v) is 20.8.